The van der Waals surface area contributed by atoms with E-state index in [1.165, 1.54) is 5.56 Å². The molecule has 1 aliphatic rings. The normalized spacial score (nSPS) is 14.1. The van der Waals surface area contributed by atoms with Crippen LogP contribution < -0.4 is 9.64 Å². The van der Waals surface area contributed by atoms with Crippen LogP contribution in [-0.2, 0) is 0 Å². The van der Waals surface area contributed by atoms with Gasteiger partial charge >= 0.3 is 0 Å². The highest BCUT2D eigenvalue weighted by Crippen LogP contribution is 2.42. The first kappa shape index (κ1) is 17.3. The Bertz CT molecular complexity index is 973. The Hall–Kier alpha value is -3.08. The maximum absolute atomic E-state index is 5.75. The highest BCUT2D eigenvalue weighted by Gasteiger charge is 2.24. The van der Waals surface area contributed by atoms with Crippen molar-refractivity contribution in [1.29, 1.82) is 0 Å². The van der Waals surface area contributed by atoms with E-state index in [4.69, 9.17) is 9.26 Å². The summed E-state index contributed by atoms with van der Waals surface area (Å²) in [5, 5.41) is 4.10. The monoisotopic (exact) mass is 361 g/mol. The second-order valence-electron chi connectivity index (χ2n) is 6.83. The minimum atomic E-state index is 0.206. The van der Waals surface area contributed by atoms with Crippen molar-refractivity contribution >= 4 is 11.8 Å². The number of benzene rings is 1. The topological polar surface area (TPSA) is 51.4 Å². The quantitative estimate of drug-likeness (QED) is 0.658. The lowest BCUT2D eigenvalue weighted by atomic mass is 9.96. The fourth-order valence-electron chi connectivity index (χ4n) is 3.76. The molecule has 1 atom stereocenters. The van der Waals surface area contributed by atoms with Gasteiger partial charge in [0.05, 0.1) is 24.4 Å². The first-order valence-corrected chi connectivity index (χ1v) is 9.08. The minimum absolute atomic E-state index is 0.206. The number of anilines is 1. The largest absolute Gasteiger partial charge is 0.496 e. The van der Waals surface area contributed by atoms with Crippen LogP contribution in [0.25, 0.3) is 17.2 Å². The van der Waals surface area contributed by atoms with E-state index in [-0.39, 0.29) is 6.04 Å². The first-order chi connectivity index (χ1) is 13.1. The average Bonchev–Trinajstić information content (AvgIpc) is 3.04. The van der Waals surface area contributed by atoms with E-state index < -0.39 is 0 Å². The van der Waals surface area contributed by atoms with Crippen LogP contribution in [0.4, 0.5) is 5.69 Å². The van der Waals surface area contributed by atoms with Crippen molar-refractivity contribution in [3.8, 4) is 16.9 Å². The van der Waals surface area contributed by atoms with E-state index in [2.05, 4.69) is 52.3 Å². The third-order valence-electron chi connectivity index (χ3n) is 5.19. The van der Waals surface area contributed by atoms with Crippen LogP contribution in [0, 0.1) is 13.8 Å². The molecule has 5 heteroatoms. The zero-order chi connectivity index (χ0) is 19.0. The van der Waals surface area contributed by atoms with Crippen LogP contribution in [0.3, 0.4) is 0 Å². The molecule has 2 aromatic heterocycles. The Morgan fingerprint density at radius 3 is 2.78 bits per heavy atom. The molecule has 138 valence electrons. The standard InChI is InChI=1S/C22H23N3O2/c1-14-22(16(3)27-24-14)19-11-17-8-6-10-25(20(17)12-21(19)26-4)15(2)18-7-5-9-23-13-18/h5-9,11-13,15H,10H2,1-4H3. The number of rotatable bonds is 4. The number of fused-ring (bicyclic) bond motifs is 1. The predicted octanol–water partition coefficient (Wildman–Crippen LogP) is 4.96. The maximum atomic E-state index is 5.75. The summed E-state index contributed by atoms with van der Waals surface area (Å²) in [4.78, 5) is 6.64. The molecule has 1 aromatic carbocycles. The Kier molecular flexibility index (Phi) is 4.44. The van der Waals surface area contributed by atoms with Crippen LogP contribution in [0.5, 0.6) is 5.75 Å². The van der Waals surface area contributed by atoms with Crippen molar-refractivity contribution in [1.82, 2.24) is 10.1 Å². The van der Waals surface area contributed by atoms with E-state index in [9.17, 15) is 0 Å². The second kappa shape index (κ2) is 6.91. The van der Waals surface area contributed by atoms with Gasteiger partial charge in [0.25, 0.3) is 0 Å². The van der Waals surface area contributed by atoms with Gasteiger partial charge in [-0.2, -0.15) is 0 Å². The van der Waals surface area contributed by atoms with E-state index in [0.29, 0.717) is 0 Å². The lowest BCUT2D eigenvalue weighted by Crippen LogP contribution is -2.29. The molecule has 1 unspecified atom stereocenters. The molecule has 1 aliphatic heterocycles. The molecule has 0 bridgehead atoms. The summed E-state index contributed by atoms with van der Waals surface area (Å²) in [7, 11) is 1.71. The highest BCUT2D eigenvalue weighted by molar-refractivity contribution is 5.83. The summed E-state index contributed by atoms with van der Waals surface area (Å²) in [5.74, 6) is 1.62. The number of aromatic nitrogens is 2. The molecule has 0 aliphatic carbocycles. The molecule has 3 aromatic rings. The maximum Gasteiger partial charge on any atom is 0.141 e. The fourth-order valence-corrected chi connectivity index (χ4v) is 3.76. The summed E-state index contributed by atoms with van der Waals surface area (Å²) in [6.07, 6.45) is 8.10. The Morgan fingerprint density at radius 2 is 2.11 bits per heavy atom. The van der Waals surface area contributed by atoms with Gasteiger partial charge in [-0.1, -0.05) is 23.4 Å². The molecule has 0 radical (unpaired) electrons. The molecular weight excluding hydrogens is 338 g/mol. The summed E-state index contributed by atoms with van der Waals surface area (Å²) in [6.45, 7) is 6.93. The minimum Gasteiger partial charge on any atom is -0.496 e. The second-order valence-corrected chi connectivity index (χ2v) is 6.83. The molecular formula is C22H23N3O2. The van der Waals surface area contributed by atoms with Gasteiger partial charge in [-0.25, -0.2) is 0 Å². The Morgan fingerprint density at radius 1 is 1.26 bits per heavy atom. The number of nitrogens with zero attached hydrogens (tertiary/aromatic N) is 3. The number of hydrogen-bond acceptors (Lipinski definition) is 5. The van der Waals surface area contributed by atoms with Crippen LogP contribution in [0.1, 0.15) is 35.5 Å². The predicted molar refractivity (Wildman–Crippen MR) is 107 cm³/mol. The molecule has 0 N–H and O–H groups in total. The number of hydrogen-bond donors (Lipinski definition) is 0. The highest BCUT2D eigenvalue weighted by atomic mass is 16.5. The van der Waals surface area contributed by atoms with Gasteiger partial charge in [0.1, 0.15) is 11.5 Å². The molecule has 0 saturated carbocycles. The third kappa shape index (κ3) is 2.99. The van der Waals surface area contributed by atoms with Gasteiger partial charge in [0, 0.05) is 36.3 Å². The number of pyridine rings is 1. The summed E-state index contributed by atoms with van der Waals surface area (Å²) in [5.41, 5.74) is 6.38. The van der Waals surface area contributed by atoms with Gasteiger partial charge in [-0.05, 0) is 44.0 Å². The number of ether oxygens (including phenoxy) is 1. The van der Waals surface area contributed by atoms with Crippen LogP contribution in [0.2, 0.25) is 0 Å². The zero-order valence-electron chi connectivity index (χ0n) is 16.1. The van der Waals surface area contributed by atoms with Crippen LogP contribution in [0.15, 0.2) is 47.3 Å². The van der Waals surface area contributed by atoms with Crippen molar-refractivity contribution in [3.05, 3.63) is 65.3 Å². The van der Waals surface area contributed by atoms with Crippen molar-refractivity contribution in [2.75, 3.05) is 18.6 Å². The average molecular weight is 361 g/mol. The van der Waals surface area contributed by atoms with Crippen molar-refractivity contribution in [2.24, 2.45) is 0 Å². The molecule has 3 heterocycles. The number of methoxy groups -OCH3 is 1. The molecule has 0 amide bonds. The van der Waals surface area contributed by atoms with E-state index in [1.54, 1.807) is 13.3 Å². The smallest absolute Gasteiger partial charge is 0.141 e. The fraction of sp³-hybridized carbons (Fsp3) is 0.273. The summed E-state index contributed by atoms with van der Waals surface area (Å²) in [6, 6.07) is 8.59. The van der Waals surface area contributed by atoms with E-state index in [0.717, 1.165) is 46.1 Å². The molecule has 0 spiro atoms. The van der Waals surface area contributed by atoms with Crippen molar-refractivity contribution < 1.29 is 9.26 Å². The Balaban J connectivity index is 1.82. The van der Waals surface area contributed by atoms with Gasteiger partial charge in [0.15, 0.2) is 0 Å². The molecule has 0 saturated heterocycles. The Labute approximate surface area is 159 Å². The third-order valence-corrected chi connectivity index (χ3v) is 5.19. The van der Waals surface area contributed by atoms with E-state index >= 15 is 0 Å². The first-order valence-electron chi connectivity index (χ1n) is 9.08. The van der Waals surface area contributed by atoms with Gasteiger partial charge in [-0.15, -0.1) is 0 Å². The van der Waals surface area contributed by atoms with Crippen molar-refractivity contribution in [3.63, 3.8) is 0 Å². The summed E-state index contributed by atoms with van der Waals surface area (Å²) >= 11 is 0. The molecule has 5 nitrogen and oxygen atoms in total. The lowest BCUT2D eigenvalue weighted by Gasteiger charge is -2.34. The van der Waals surface area contributed by atoms with Crippen molar-refractivity contribution in [2.45, 2.75) is 26.8 Å². The lowest BCUT2D eigenvalue weighted by molar-refractivity contribution is 0.393. The van der Waals surface area contributed by atoms with Gasteiger partial charge in [0.2, 0.25) is 0 Å². The van der Waals surface area contributed by atoms with Gasteiger partial charge in [-0.3, -0.25) is 4.98 Å². The molecule has 4 rings (SSSR count). The SMILES string of the molecule is COc1cc2c(cc1-c1c(C)noc1C)C=CCN2C(C)c1cccnc1. The summed E-state index contributed by atoms with van der Waals surface area (Å²) < 4.78 is 11.1. The van der Waals surface area contributed by atoms with E-state index in [1.807, 2.05) is 26.1 Å². The van der Waals surface area contributed by atoms with Crippen LogP contribution in [-0.4, -0.2) is 23.8 Å². The van der Waals surface area contributed by atoms with Crippen LogP contribution >= 0.6 is 0 Å². The zero-order valence-corrected chi connectivity index (χ0v) is 16.1. The number of aryl methyl sites for hydroxylation is 2. The molecule has 0 fully saturated rings. The van der Waals surface area contributed by atoms with Gasteiger partial charge < -0.3 is 14.2 Å². The molecule has 27 heavy (non-hydrogen) atoms.